The van der Waals surface area contributed by atoms with E-state index in [0.717, 1.165) is 11.3 Å². The highest BCUT2D eigenvalue weighted by atomic mass is 32.2. The number of nitrogens with two attached hydrogens (primary N) is 1. The molecule has 1 aliphatic heterocycles. The Balaban J connectivity index is 1.92. The van der Waals surface area contributed by atoms with Gasteiger partial charge in [0.2, 0.25) is 0 Å². The van der Waals surface area contributed by atoms with Gasteiger partial charge in [0.1, 0.15) is 0 Å². The number of hydrogen-bond acceptors (Lipinski definition) is 3. The first-order valence-electron chi connectivity index (χ1n) is 5.73. The summed E-state index contributed by atoms with van der Waals surface area (Å²) >= 11 is 1.90. The minimum atomic E-state index is 0.0415. The van der Waals surface area contributed by atoms with Crippen molar-refractivity contribution in [1.29, 1.82) is 0 Å². The first-order chi connectivity index (χ1) is 8.36. The largest absolute Gasteiger partial charge is 0.323 e. The maximum absolute atomic E-state index is 6.36. The van der Waals surface area contributed by atoms with Crippen molar-refractivity contribution in [3.8, 4) is 0 Å². The molecule has 0 fully saturated rings. The van der Waals surface area contributed by atoms with Gasteiger partial charge in [0.15, 0.2) is 0 Å². The molecular formula is C14H14N2S. The van der Waals surface area contributed by atoms with Crippen LogP contribution in [0.15, 0.2) is 53.7 Å². The summed E-state index contributed by atoms with van der Waals surface area (Å²) in [6, 6.07) is 12.6. The number of pyridine rings is 1. The maximum Gasteiger partial charge on any atom is 0.0388 e. The molecule has 1 aromatic carbocycles. The van der Waals surface area contributed by atoms with Crippen LogP contribution < -0.4 is 5.73 Å². The summed E-state index contributed by atoms with van der Waals surface area (Å²) in [5.74, 6) is 1.47. The summed E-state index contributed by atoms with van der Waals surface area (Å²) in [4.78, 5) is 5.52. The highest BCUT2D eigenvalue weighted by Crippen LogP contribution is 2.44. The Morgan fingerprint density at radius 2 is 2.12 bits per heavy atom. The van der Waals surface area contributed by atoms with Crippen LogP contribution in [0, 0.1) is 0 Å². The van der Waals surface area contributed by atoms with E-state index in [1.54, 1.807) is 6.20 Å². The molecule has 0 radical (unpaired) electrons. The average Bonchev–Trinajstić information content (AvgIpc) is 2.83. The van der Waals surface area contributed by atoms with Crippen molar-refractivity contribution in [1.82, 2.24) is 4.98 Å². The monoisotopic (exact) mass is 242 g/mol. The molecule has 2 nitrogen and oxygen atoms in total. The fraction of sp³-hybridized carbons (Fsp3) is 0.214. The lowest BCUT2D eigenvalue weighted by atomic mass is 9.90. The van der Waals surface area contributed by atoms with Gasteiger partial charge >= 0.3 is 0 Å². The lowest BCUT2D eigenvalue weighted by Gasteiger charge is -2.19. The first kappa shape index (κ1) is 10.8. The van der Waals surface area contributed by atoms with Crippen molar-refractivity contribution in [2.75, 3.05) is 5.75 Å². The minimum absolute atomic E-state index is 0.0415. The van der Waals surface area contributed by atoms with Crippen molar-refractivity contribution in [3.05, 3.63) is 59.9 Å². The van der Waals surface area contributed by atoms with Gasteiger partial charge in [-0.3, -0.25) is 4.98 Å². The Bertz CT molecular complexity index is 513. The predicted octanol–water partition coefficient (Wildman–Crippen LogP) is 2.97. The van der Waals surface area contributed by atoms with E-state index in [9.17, 15) is 0 Å². The molecule has 1 aromatic heterocycles. The molecule has 3 heteroatoms. The van der Waals surface area contributed by atoms with E-state index in [1.165, 1.54) is 10.5 Å². The van der Waals surface area contributed by atoms with E-state index >= 15 is 0 Å². The fourth-order valence-corrected chi connectivity index (χ4v) is 3.60. The van der Waals surface area contributed by atoms with Gasteiger partial charge in [-0.25, -0.2) is 0 Å². The number of thioether (sulfide) groups is 1. The first-order valence-corrected chi connectivity index (χ1v) is 6.72. The zero-order valence-electron chi connectivity index (χ0n) is 9.41. The van der Waals surface area contributed by atoms with Crippen LogP contribution in [0.2, 0.25) is 0 Å². The van der Waals surface area contributed by atoms with Gasteiger partial charge in [0.05, 0.1) is 0 Å². The van der Waals surface area contributed by atoms with E-state index < -0.39 is 0 Å². The fourth-order valence-electron chi connectivity index (χ4n) is 2.29. The molecule has 17 heavy (non-hydrogen) atoms. The molecule has 2 heterocycles. The lowest BCUT2D eigenvalue weighted by Crippen LogP contribution is -2.19. The number of aromatic nitrogens is 1. The molecule has 3 rings (SSSR count). The van der Waals surface area contributed by atoms with Crippen molar-refractivity contribution in [2.24, 2.45) is 5.73 Å². The van der Waals surface area contributed by atoms with Gasteiger partial charge in [0.25, 0.3) is 0 Å². The van der Waals surface area contributed by atoms with Crippen LogP contribution in [0.3, 0.4) is 0 Å². The number of rotatable bonds is 2. The Hall–Kier alpha value is -1.32. The zero-order valence-corrected chi connectivity index (χ0v) is 10.2. The molecule has 0 aliphatic carbocycles. The predicted molar refractivity (Wildman–Crippen MR) is 71.1 cm³/mol. The number of fused-ring (bicyclic) bond motifs is 1. The van der Waals surface area contributed by atoms with Gasteiger partial charge in [-0.05, 0) is 23.3 Å². The molecule has 2 unspecified atom stereocenters. The molecule has 1 aliphatic rings. The van der Waals surface area contributed by atoms with Crippen molar-refractivity contribution < 1.29 is 0 Å². The number of benzene rings is 1. The Labute approximate surface area is 105 Å². The Kier molecular flexibility index (Phi) is 2.87. The van der Waals surface area contributed by atoms with Gasteiger partial charge in [-0.2, -0.15) is 0 Å². The van der Waals surface area contributed by atoms with Crippen LogP contribution >= 0.6 is 11.8 Å². The van der Waals surface area contributed by atoms with Gasteiger partial charge in [0, 0.05) is 35.0 Å². The third-order valence-corrected chi connectivity index (χ3v) is 4.45. The molecule has 0 bridgehead atoms. The van der Waals surface area contributed by atoms with Crippen molar-refractivity contribution in [3.63, 3.8) is 0 Å². The standard InChI is InChI=1S/C14H14N2S/c15-14(10-4-3-7-16-8-10)12-9-17-13-6-2-1-5-11(12)13/h1-8,12,14H,9,15H2. The Morgan fingerprint density at radius 3 is 2.94 bits per heavy atom. The second-order valence-electron chi connectivity index (χ2n) is 4.27. The van der Waals surface area contributed by atoms with Crippen LogP contribution in [-0.4, -0.2) is 10.7 Å². The highest BCUT2D eigenvalue weighted by Gasteiger charge is 2.28. The lowest BCUT2D eigenvalue weighted by molar-refractivity contribution is 0.605. The molecule has 2 atom stereocenters. The highest BCUT2D eigenvalue weighted by molar-refractivity contribution is 7.99. The van der Waals surface area contributed by atoms with E-state index in [1.807, 2.05) is 24.0 Å². The van der Waals surface area contributed by atoms with E-state index in [2.05, 4.69) is 35.3 Å². The van der Waals surface area contributed by atoms with E-state index in [4.69, 9.17) is 5.73 Å². The summed E-state index contributed by atoms with van der Waals surface area (Å²) in [6.07, 6.45) is 3.66. The van der Waals surface area contributed by atoms with Crippen LogP contribution in [-0.2, 0) is 0 Å². The van der Waals surface area contributed by atoms with Crippen molar-refractivity contribution in [2.45, 2.75) is 16.9 Å². The maximum atomic E-state index is 6.36. The number of hydrogen-bond donors (Lipinski definition) is 1. The summed E-state index contributed by atoms with van der Waals surface area (Å²) in [5, 5.41) is 0. The minimum Gasteiger partial charge on any atom is -0.323 e. The molecular weight excluding hydrogens is 228 g/mol. The smallest absolute Gasteiger partial charge is 0.0388 e. The van der Waals surface area contributed by atoms with Gasteiger partial charge < -0.3 is 5.73 Å². The second-order valence-corrected chi connectivity index (χ2v) is 5.33. The summed E-state index contributed by atoms with van der Waals surface area (Å²) in [7, 11) is 0. The van der Waals surface area contributed by atoms with Crippen LogP contribution in [0.5, 0.6) is 0 Å². The van der Waals surface area contributed by atoms with Crippen molar-refractivity contribution >= 4 is 11.8 Å². The summed E-state index contributed by atoms with van der Waals surface area (Å²) in [6.45, 7) is 0. The number of nitrogens with zero attached hydrogens (tertiary/aromatic N) is 1. The quantitative estimate of drug-likeness (QED) is 0.880. The molecule has 86 valence electrons. The topological polar surface area (TPSA) is 38.9 Å². The summed E-state index contributed by atoms with van der Waals surface area (Å²) in [5.41, 5.74) is 8.87. The molecule has 2 aromatic rings. The zero-order chi connectivity index (χ0) is 11.7. The molecule has 0 saturated heterocycles. The third-order valence-electron chi connectivity index (χ3n) is 3.24. The molecule has 0 spiro atoms. The normalized spacial score (nSPS) is 19.9. The molecule has 0 saturated carbocycles. The average molecular weight is 242 g/mol. The van der Waals surface area contributed by atoms with E-state index in [0.29, 0.717) is 5.92 Å². The van der Waals surface area contributed by atoms with Gasteiger partial charge in [-0.15, -0.1) is 11.8 Å². The van der Waals surface area contributed by atoms with Crippen LogP contribution in [0.1, 0.15) is 23.1 Å². The third kappa shape index (κ3) is 1.96. The molecule has 2 N–H and O–H groups in total. The van der Waals surface area contributed by atoms with Gasteiger partial charge in [-0.1, -0.05) is 24.3 Å². The SMILES string of the molecule is NC(c1cccnc1)C1CSc2ccccc21. The summed E-state index contributed by atoms with van der Waals surface area (Å²) < 4.78 is 0. The van der Waals surface area contributed by atoms with Crippen LogP contribution in [0.25, 0.3) is 0 Å². The molecule has 0 amide bonds. The Morgan fingerprint density at radius 1 is 1.24 bits per heavy atom. The second kappa shape index (κ2) is 4.51. The van der Waals surface area contributed by atoms with E-state index in [-0.39, 0.29) is 6.04 Å². The van der Waals surface area contributed by atoms with Crippen LogP contribution in [0.4, 0.5) is 0 Å².